The fourth-order valence-corrected chi connectivity index (χ4v) is 1.68. The second kappa shape index (κ2) is 4.63. The summed E-state index contributed by atoms with van der Waals surface area (Å²) in [4.78, 5) is 12.8. The fourth-order valence-electron chi connectivity index (χ4n) is 0.948. The summed E-state index contributed by atoms with van der Waals surface area (Å²) in [7, 11) is 1.70. The number of hydrogen-bond donors (Lipinski definition) is 0. The first kappa shape index (κ1) is 10.5. The molecular formula is C9H9BrClNO. The molecule has 0 unspecified atom stereocenters. The minimum Gasteiger partial charge on any atom is -0.313 e. The number of alkyl halides is 1. The quantitative estimate of drug-likeness (QED) is 0.751. The topological polar surface area (TPSA) is 20.3 Å². The monoisotopic (exact) mass is 261 g/mol. The van der Waals surface area contributed by atoms with E-state index in [1.54, 1.807) is 7.05 Å². The molecule has 13 heavy (non-hydrogen) atoms. The van der Waals surface area contributed by atoms with Crippen molar-refractivity contribution in [3.63, 3.8) is 0 Å². The van der Waals surface area contributed by atoms with E-state index in [0.717, 1.165) is 10.2 Å². The minimum absolute atomic E-state index is 0.00215. The van der Waals surface area contributed by atoms with Gasteiger partial charge in [0.1, 0.15) is 5.88 Å². The summed E-state index contributed by atoms with van der Waals surface area (Å²) in [6, 6.07) is 7.51. The number of carbonyl (C=O) groups excluding carboxylic acids is 1. The molecule has 0 saturated carbocycles. The Hall–Kier alpha value is -0.540. The van der Waals surface area contributed by atoms with Crippen molar-refractivity contribution in [1.29, 1.82) is 0 Å². The van der Waals surface area contributed by atoms with Crippen molar-refractivity contribution in [2.24, 2.45) is 0 Å². The number of nitrogens with zero attached hydrogens (tertiary/aromatic N) is 1. The maximum absolute atomic E-state index is 11.2. The smallest absolute Gasteiger partial charge is 0.241 e. The number of carbonyl (C=O) groups is 1. The molecule has 4 heteroatoms. The van der Waals surface area contributed by atoms with E-state index in [9.17, 15) is 4.79 Å². The molecule has 1 aromatic rings. The predicted molar refractivity (Wildman–Crippen MR) is 58.3 cm³/mol. The number of anilines is 1. The molecule has 0 atom stereocenters. The zero-order valence-electron chi connectivity index (χ0n) is 7.13. The van der Waals surface area contributed by atoms with Crippen LogP contribution in [0.25, 0.3) is 0 Å². The van der Waals surface area contributed by atoms with E-state index >= 15 is 0 Å². The van der Waals surface area contributed by atoms with Gasteiger partial charge in [-0.05, 0) is 28.1 Å². The third kappa shape index (κ3) is 2.45. The standard InChI is InChI=1S/C9H9BrClNO/c1-12(9(13)6-11)8-5-3-2-4-7(8)10/h2-5H,6H2,1H3. The SMILES string of the molecule is CN(C(=O)CCl)c1ccccc1Br. The van der Waals surface area contributed by atoms with Crippen LogP contribution in [0.5, 0.6) is 0 Å². The van der Waals surface area contributed by atoms with Crippen molar-refractivity contribution in [1.82, 2.24) is 0 Å². The lowest BCUT2D eigenvalue weighted by molar-refractivity contribution is -0.116. The first-order valence-corrected chi connectivity index (χ1v) is 5.06. The highest BCUT2D eigenvalue weighted by Gasteiger charge is 2.11. The van der Waals surface area contributed by atoms with Gasteiger partial charge in [-0.2, -0.15) is 0 Å². The van der Waals surface area contributed by atoms with Gasteiger partial charge in [0, 0.05) is 11.5 Å². The van der Waals surface area contributed by atoms with Crippen LogP contribution in [-0.2, 0) is 4.79 Å². The van der Waals surface area contributed by atoms with Gasteiger partial charge >= 0.3 is 0 Å². The van der Waals surface area contributed by atoms with E-state index in [4.69, 9.17) is 11.6 Å². The molecule has 70 valence electrons. The maximum Gasteiger partial charge on any atom is 0.241 e. The molecule has 0 saturated heterocycles. The Morgan fingerprint density at radius 1 is 1.54 bits per heavy atom. The zero-order valence-corrected chi connectivity index (χ0v) is 9.47. The fraction of sp³-hybridized carbons (Fsp3) is 0.222. The van der Waals surface area contributed by atoms with Crippen molar-refractivity contribution < 1.29 is 4.79 Å². The molecule has 0 N–H and O–H groups in total. The van der Waals surface area contributed by atoms with Crippen LogP contribution >= 0.6 is 27.5 Å². The van der Waals surface area contributed by atoms with Gasteiger partial charge in [0.15, 0.2) is 0 Å². The number of benzene rings is 1. The van der Waals surface area contributed by atoms with E-state index in [1.165, 1.54) is 4.90 Å². The van der Waals surface area contributed by atoms with Gasteiger partial charge in [-0.15, -0.1) is 11.6 Å². The van der Waals surface area contributed by atoms with Crippen LogP contribution < -0.4 is 4.90 Å². The summed E-state index contributed by atoms with van der Waals surface area (Å²) in [6.07, 6.45) is 0. The lowest BCUT2D eigenvalue weighted by atomic mass is 10.3. The Bertz CT molecular complexity index is 316. The highest BCUT2D eigenvalue weighted by atomic mass is 79.9. The Kier molecular flexibility index (Phi) is 3.75. The normalized spacial score (nSPS) is 9.77. The first-order valence-electron chi connectivity index (χ1n) is 3.74. The van der Waals surface area contributed by atoms with Crippen LogP contribution in [0.4, 0.5) is 5.69 Å². The lowest BCUT2D eigenvalue weighted by Gasteiger charge is -2.17. The van der Waals surface area contributed by atoms with Gasteiger partial charge in [0.25, 0.3) is 0 Å². The summed E-state index contributed by atoms with van der Waals surface area (Å²) in [5.41, 5.74) is 0.827. The number of rotatable bonds is 2. The average molecular weight is 263 g/mol. The van der Waals surface area contributed by atoms with Crippen molar-refractivity contribution >= 4 is 39.1 Å². The van der Waals surface area contributed by atoms with Crippen LogP contribution in [0.2, 0.25) is 0 Å². The second-order valence-corrected chi connectivity index (χ2v) is 3.66. The summed E-state index contributed by atoms with van der Waals surface area (Å²) >= 11 is 8.80. The summed E-state index contributed by atoms with van der Waals surface area (Å²) in [6.45, 7) is 0. The van der Waals surface area contributed by atoms with Crippen LogP contribution in [-0.4, -0.2) is 18.8 Å². The zero-order chi connectivity index (χ0) is 9.84. The Morgan fingerprint density at radius 3 is 2.69 bits per heavy atom. The molecule has 0 heterocycles. The maximum atomic E-state index is 11.2. The second-order valence-electron chi connectivity index (χ2n) is 2.54. The highest BCUT2D eigenvalue weighted by molar-refractivity contribution is 9.10. The average Bonchev–Trinajstić information content (AvgIpc) is 2.16. The van der Waals surface area contributed by atoms with Gasteiger partial charge < -0.3 is 4.90 Å². The minimum atomic E-state index is -0.117. The summed E-state index contributed by atoms with van der Waals surface area (Å²) in [5.74, 6) is -0.119. The Morgan fingerprint density at radius 2 is 2.15 bits per heavy atom. The van der Waals surface area contributed by atoms with Gasteiger partial charge in [-0.1, -0.05) is 12.1 Å². The van der Waals surface area contributed by atoms with Gasteiger partial charge in [-0.25, -0.2) is 0 Å². The molecule has 0 spiro atoms. The summed E-state index contributed by atoms with van der Waals surface area (Å²) in [5, 5.41) is 0. The number of amides is 1. The van der Waals surface area contributed by atoms with Gasteiger partial charge in [-0.3, -0.25) is 4.79 Å². The van der Waals surface area contributed by atoms with Crippen molar-refractivity contribution in [2.45, 2.75) is 0 Å². The Balaban J connectivity index is 2.95. The molecule has 0 bridgehead atoms. The predicted octanol–water partition coefficient (Wildman–Crippen LogP) is 2.65. The number of halogens is 2. The summed E-state index contributed by atoms with van der Waals surface area (Å²) < 4.78 is 0.885. The molecular weight excluding hydrogens is 253 g/mol. The molecule has 0 aromatic heterocycles. The molecule has 0 radical (unpaired) electrons. The van der Waals surface area contributed by atoms with E-state index in [-0.39, 0.29) is 11.8 Å². The van der Waals surface area contributed by atoms with Gasteiger partial charge in [0.05, 0.1) is 5.69 Å². The first-order chi connectivity index (χ1) is 6.16. The molecule has 0 fully saturated rings. The third-order valence-corrected chi connectivity index (χ3v) is 2.60. The van der Waals surface area contributed by atoms with E-state index in [2.05, 4.69) is 15.9 Å². The molecule has 0 aliphatic rings. The molecule has 1 aromatic carbocycles. The van der Waals surface area contributed by atoms with Gasteiger partial charge in [0.2, 0.25) is 5.91 Å². The largest absolute Gasteiger partial charge is 0.313 e. The number of para-hydroxylation sites is 1. The number of hydrogen-bond acceptors (Lipinski definition) is 1. The van der Waals surface area contributed by atoms with Crippen LogP contribution in [0.3, 0.4) is 0 Å². The van der Waals surface area contributed by atoms with Crippen molar-refractivity contribution in [3.8, 4) is 0 Å². The molecule has 1 rings (SSSR count). The van der Waals surface area contributed by atoms with Crippen LogP contribution in [0, 0.1) is 0 Å². The van der Waals surface area contributed by atoms with E-state index < -0.39 is 0 Å². The lowest BCUT2D eigenvalue weighted by Crippen LogP contribution is -2.27. The van der Waals surface area contributed by atoms with Crippen molar-refractivity contribution in [3.05, 3.63) is 28.7 Å². The molecule has 0 aliphatic carbocycles. The van der Waals surface area contributed by atoms with E-state index in [1.807, 2.05) is 24.3 Å². The van der Waals surface area contributed by atoms with Crippen molar-refractivity contribution in [2.75, 3.05) is 17.8 Å². The van der Waals surface area contributed by atoms with E-state index in [0.29, 0.717) is 0 Å². The van der Waals surface area contributed by atoms with Crippen LogP contribution in [0.15, 0.2) is 28.7 Å². The van der Waals surface area contributed by atoms with Crippen LogP contribution in [0.1, 0.15) is 0 Å². The Labute approximate surface area is 90.6 Å². The third-order valence-electron chi connectivity index (χ3n) is 1.70. The molecule has 0 aliphatic heterocycles. The highest BCUT2D eigenvalue weighted by Crippen LogP contribution is 2.24. The molecule has 2 nitrogen and oxygen atoms in total. The molecule has 1 amide bonds.